The van der Waals surface area contributed by atoms with Crippen molar-refractivity contribution >= 4 is 11.9 Å². The van der Waals surface area contributed by atoms with Crippen molar-refractivity contribution in [3.63, 3.8) is 0 Å². The molecule has 0 radical (unpaired) electrons. The van der Waals surface area contributed by atoms with Crippen molar-refractivity contribution in [2.24, 2.45) is 0 Å². The van der Waals surface area contributed by atoms with Gasteiger partial charge in [0.2, 0.25) is 5.91 Å². The van der Waals surface area contributed by atoms with Crippen molar-refractivity contribution in [2.75, 3.05) is 13.2 Å². The molecule has 81 heavy (non-hydrogen) atoms. The zero-order valence-corrected chi connectivity index (χ0v) is 54.8. The number of carbonyl (C=O) groups excluding carboxylic acids is 2. The lowest BCUT2D eigenvalue weighted by molar-refractivity contribution is -0.143. The molecule has 0 rings (SSSR count). The first kappa shape index (κ1) is 79.1. The molecule has 1 amide bonds. The summed E-state index contributed by atoms with van der Waals surface area (Å²) in [5.41, 5.74) is 0. The number of aliphatic hydroxyl groups is 2. The van der Waals surface area contributed by atoms with Crippen LogP contribution in [0.5, 0.6) is 0 Å². The van der Waals surface area contributed by atoms with Gasteiger partial charge in [-0.05, 0) is 83.5 Å². The Labute approximate surface area is 506 Å². The second kappa shape index (κ2) is 70.6. The monoisotopic (exact) mass is 1140 g/mol. The minimum atomic E-state index is -0.664. The predicted octanol–water partition coefficient (Wildman–Crippen LogP) is 23.9. The zero-order valence-electron chi connectivity index (χ0n) is 54.8. The van der Waals surface area contributed by atoms with Crippen LogP contribution in [0.25, 0.3) is 0 Å². The second-order valence-electron chi connectivity index (χ2n) is 25.3. The van der Waals surface area contributed by atoms with E-state index in [1.54, 1.807) is 0 Å². The van der Waals surface area contributed by atoms with Crippen molar-refractivity contribution in [2.45, 2.75) is 418 Å². The minimum absolute atomic E-state index is 0.00531. The molecule has 2 atom stereocenters. The van der Waals surface area contributed by atoms with Gasteiger partial charge in [0.05, 0.1) is 25.4 Å². The lowest BCUT2D eigenvalue weighted by atomic mass is 10.0. The zero-order chi connectivity index (χ0) is 58.5. The van der Waals surface area contributed by atoms with Crippen LogP contribution in [0, 0.1) is 0 Å². The van der Waals surface area contributed by atoms with Crippen LogP contribution in [0.3, 0.4) is 0 Å². The average Bonchev–Trinajstić information content (AvgIpc) is 3.47. The molecule has 0 saturated carbocycles. The molecule has 0 spiro atoms. The molecule has 0 heterocycles. The highest BCUT2D eigenvalue weighted by Crippen LogP contribution is 2.19. The third kappa shape index (κ3) is 67.1. The fraction of sp³-hybridized carbons (Fsp3) is 0.893. The number of allylic oxidation sites excluding steroid dienone is 6. The third-order valence-corrected chi connectivity index (χ3v) is 17.2. The normalized spacial score (nSPS) is 12.7. The van der Waals surface area contributed by atoms with Crippen molar-refractivity contribution in [1.82, 2.24) is 5.32 Å². The molecule has 478 valence electrons. The Morgan fingerprint density at radius 2 is 0.617 bits per heavy atom. The molecule has 0 aliphatic rings. The summed E-state index contributed by atoms with van der Waals surface area (Å²) in [6.07, 6.45) is 90.7. The van der Waals surface area contributed by atoms with Crippen LogP contribution in [-0.2, 0) is 14.3 Å². The van der Waals surface area contributed by atoms with Gasteiger partial charge in [0, 0.05) is 12.8 Å². The van der Waals surface area contributed by atoms with Crippen molar-refractivity contribution < 1.29 is 24.5 Å². The van der Waals surface area contributed by atoms with Gasteiger partial charge in [-0.3, -0.25) is 9.59 Å². The van der Waals surface area contributed by atoms with Gasteiger partial charge in [0.25, 0.3) is 0 Å². The molecule has 0 aromatic carbocycles. The van der Waals surface area contributed by atoms with Gasteiger partial charge in [-0.25, -0.2) is 0 Å². The van der Waals surface area contributed by atoms with E-state index in [9.17, 15) is 19.8 Å². The summed E-state index contributed by atoms with van der Waals surface area (Å²) >= 11 is 0. The molecule has 0 saturated heterocycles. The Morgan fingerprint density at radius 3 is 0.963 bits per heavy atom. The Bertz CT molecular complexity index is 1310. The summed E-state index contributed by atoms with van der Waals surface area (Å²) in [5, 5.41) is 23.4. The lowest BCUT2D eigenvalue weighted by Crippen LogP contribution is -2.45. The van der Waals surface area contributed by atoms with Crippen LogP contribution in [0.1, 0.15) is 406 Å². The smallest absolute Gasteiger partial charge is 0.305 e. The van der Waals surface area contributed by atoms with Crippen LogP contribution in [-0.4, -0.2) is 47.4 Å². The highest BCUT2D eigenvalue weighted by Gasteiger charge is 2.20. The molecule has 0 aromatic heterocycles. The number of hydrogen-bond donors (Lipinski definition) is 3. The summed E-state index contributed by atoms with van der Waals surface area (Å²) in [6, 6.07) is -0.541. The standard InChI is InChI=1S/C75H143NO5/c1-3-5-7-9-11-13-15-17-18-19-37-40-44-47-51-55-59-63-67-73(78)72(71-77)76-74(79)68-64-60-56-52-48-45-41-38-35-33-31-29-27-25-23-21-20-22-24-26-28-30-32-34-36-39-42-46-50-54-58-62-66-70-81-75(80)69-65-61-57-53-49-43-16-14-12-10-8-6-4-2/h14,16,24,26,30,32,72-73,77-78H,3-13,15,17-23,25,27-29,31,33-71H2,1-2H3,(H,76,79)/b16-14-,26-24-,32-30-. The van der Waals surface area contributed by atoms with Gasteiger partial charge in [-0.1, -0.05) is 346 Å². The number of hydrogen-bond acceptors (Lipinski definition) is 5. The maximum atomic E-state index is 12.5. The van der Waals surface area contributed by atoms with Crippen LogP contribution < -0.4 is 5.32 Å². The summed E-state index contributed by atoms with van der Waals surface area (Å²) in [4.78, 5) is 24.6. The highest BCUT2D eigenvalue weighted by molar-refractivity contribution is 5.76. The number of aliphatic hydroxyl groups excluding tert-OH is 2. The Morgan fingerprint density at radius 1 is 0.346 bits per heavy atom. The third-order valence-electron chi connectivity index (χ3n) is 17.2. The summed E-state index contributed by atoms with van der Waals surface area (Å²) in [6.45, 7) is 4.97. The quantitative estimate of drug-likeness (QED) is 0.0320. The summed E-state index contributed by atoms with van der Waals surface area (Å²) < 4.78 is 5.48. The number of carbonyl (C=O) groups is 2. The molecule has 6 nitrogen and oxygen atoms in total. The van der Waals surface area contributed by atoms with E-state index < -0.39 is 12.1 Å². The van der Waals surface area contributed by atoms with E-state index >= 15 is 0 Å². The number of nitrogens with one attached hydrogen (secondary N) is 1. The van der Waals surface area contributed by atoms with Gasteiger partial charge in [0.15, 0.2) is 0 Å². The van der Waals surface area contributed by atoms with E-state index in [1.807, 2.05) is 0 Å². The molecular weight excluding hydrogens is 995 g/mol. The summed E-state index contributed by atoms with van der Waals surface area (Å²) in [7, 11) is 0. The van der Waals surface area contributed by atoms with Crippen LogP contribution in [0.15, 0.2) is 36.5 Å². The fourth-order valence-corrected chi connectivity index (χ4v) is 11.6. The Hall–Kier alpha value is -1.92. The molecule has 0 fully saturated rings. The van der Waals surface area contributed by atoms with Crippen LogP contribution in [0.2, 0.25) is 0 Å². The van der Waals surface area contributed by atoms with E-state index in [0.29, 0.717) is 25.9 Å². The minimum Gasteiger partial charge on any atom is -0.466 e. The largest absolute Gasteiger partial charge is 0.466 e. The topological polar surface area (TPSA) is 95.9 Å². The number of amides is 1. The average molecular weight is 1140 g/mol. The molecule has 3 N–H and O–H groups in total. The fourth-order valence-electron chi connectivity index (χ4n) is 11.6. The highest BCUT2D eigenvalue weighted by atomic mass is 16.5. The van der Waals surface area contributed by atoms with Gasteiger partial charge in [-0.15, -0.1) is 0 Å². The van der Waals surface area contributed by atoms with E-state index in [0.717, 1.165) is 51.4 Å². The molecule has 0 aliphatic heterocycles. The first-order valence-electron chi connectivity index (χ1n) is 36.7. The predicted molar refractivity (Wildman–Crippen MR) is 356 cm³/mol. The molecule has 6 heteroatoms. The van der Waals surface area contributed by atoms with E-state index in [4.69, 9.17) is 4.74 Å². The summed E-state index contributed by atoms with van der Waals surface area (Å²) in [5.74, 6) is -0.0240. The van der Waals surface area contributed by atoms with Crippen molar-refractivity contribution in [1.29, 1.82) is 0 Å². The number of rotatable bonds is 69. The first-order valence-corrected chi connectivity index (χ1v) is 36.7. The van der Waals surface area contributed by atoms with Crippen LogP contribution in [0.4, 0.5) is 0 Å². The van der Waals surface area contributed by atoms with Gasteiger partial charge in [-0.2, -0.15) is 0 Å². The molecule has 0 bridgehead atoms. The maximum absolute atomic E-state index is 12.5. The maximum Gasteiger partial charge on any atom is 0.305 e. The SMILES string of the molecule is CCCCCC/C=C\CCCCCCCC(=O)OCCCCCCCCCCC/C=C\C/C=C\CCCCCCCCCCCCCCCCCCCC(=O)NC(CO)C(O)CCCCCCCCCCCCCCCCCCCC. The van der Waals surface area contributed by atoms with Gasteiger partial charge >= 0.3 is 5.97 Å². The first-order chi connectivity index (χ1) is 40.0. The number of ether oxygens (including phenoxy) is 1. The second-order valence-corrected chi connectivity index (χ2v) is 25.3. The van der Waals surface area contributed by atoms with E-state index in [1.165, 1.54) is 321 Å². The van der Waals surface area contributed by atoms with Gasteiger partial charge in [0.1, 0.15) is 0 Å². The Balaban J connectivity index is 3.38. The van der Waals surface area contributed by atoms with Crippen LogP contribution >= 0.6 is 0 Å². The van der Waals surface area contributed by atoms with E-state index in [-0.39, 0.29) is 18.5 Å². The van der Waals surface area contributed by atoms with Gasteiger partial charge < -0.3 is 20.3 Å². The molecule has 0 aromatic rings. The Kier molecular flexibility index (Phi) is 68.9. The van der Waals surface area contributed by atoms with Crippen molar-refractivity contribution in [3.8, 4) is 0 Å². The molecule has 2 unspecified atom stereocenters. The lowest BCUT2D eigenvalue weighted by Gasteiger charge is -2.22. The molecular formula is C75H143NO5. The number of esters is 1. The molecule has 0 aliphatic carbocycles. The van der Waals surface area contributed by atoms with E-state index in [2.05, 4.69) is 55.6 Å². The van der Waals surface area contributed by atoms with Crippen molar-refractivity contribution in [3.05, 3.63) is 36.5 Å². The number of unbranched alkanes of at least 4 members (excludes halogenated alkanes) is 52.